The van der Waals surface area contributed by atoms with Crippen molar-refractivity contribution >= 4 is 16.0 Å². The van der Waals surface area contributed by atoms with Crippen molar-refractivity contribution in [1.82, 2.24) is 9.97 Å². The van der Waals surface area contributed by atoms with E-state index in [2.05, 4.69) is 9.97 Å². The molecule has 1 rings (SSSR count). The van der Waals surface area contributed by atoms with E-state index in [4.69, 9.17) is 0 Å². The van der Waals surface area contributed by atoms with Gasteiger partial charge in [-0.05, 0) is 6.92 Å². The molecule has 0 amide bonds. The number of hydrogen-bond acceptors (Lipinski definition) is 5. The second-order valence-corrected chi connectivity index (χ2v) is 4.22. The number of halogens is 1. The summed E-state index contributed by atoms with van der Waals surface area (Å²) in [5, 5.41) is -0.791. The van der Waals surface area contributed by atoms with Crippen LogP contribution in [0.5, 0.6) is 0 Å². The van der Waals surface area contributed by atoms with Crippen LogP contribution in [0.25, 0.3) is 0 Å². The molecule has 0 saturated heterocycles. The summed E-state index contributed by atoms with van der Waals surface area (Å²) in [4.78, 5) is 8.62. The predicted octanol–water partition coefficient (Wildman–Crippen LogP) is 0.509. The molecule has 0 aliphatic heterocycles. The van der Waals surface area contributed by atoms with Gasteiger partial charge in [-0.1, -0.05) is 3.89 Å². The lowest BCUT2D eigenvalue weighted by Gasteiger charge is -2.11. The number of hydrogen-bond donors (Lipinski definition) is 0. The van der Waals surface area contributed by atoms with Crippen LogP contribution in [0, 0.1) is 6.92 Å². The summed E-state index contributed by atoms with van der Waals surface area (Å²) < 4.78 is 33.7. The lowest BCUT2D eigenvalue weighted by atomic mass is 10.4. The zero-order valence-electron chi connectivity index (χ0n) is 8.02. The van der Waals surface area contributed by atoms with E-state index in [0.29, 0.717) is 11.5 Å². The fourth-order valence-corrected chi connectivity index (χ4v) is 1.32. The van der Waals surface area contributed by atoms with E-state index in [0.717, 1.165) is 0 Å². The molecular formula is C7H10FN3O2S. The highest BCUT2D eigenvalue weighted by Crippen LogP contribution is 2.13. The van der Waals surface area contributed by atoms with E-state index in [1.54, 1.807) is 32.0 Å². The molecular weight excluding hydrogens is 209 g/mol. The molecule has 0 saturated carbocycles. The Labute approximate surface area is 81.8 Å². The van der Waals surface area contributed by atoms with Crippen molar-refractivity contribution in [1.29, 1.82) is 0 Å². The summed E-state index contributed by atoms with van der Waals surface area (Å²) in [6, 6.07) is 1.56. The highest BCUT2D eigenvalue weighted by atomic mass is 32.3. The van der Waals surface area contributed by atoms with Gasteiger partial charge in [-0.25, -0.2) is 4.98 Å². The van der Waals surface area contributed by atoms with Crippen LogP contribution >= 0.6 is 0 Å². The Hall–Kier alpha value is -1.24. The van der Waals surface area contributed by atoms with E-state index < -0.39 is 15.4 Å². The van der Waals surface area contributed by atoms with Crippen LogP contribution in [0.2, 0.25) is 0 Å². The first kappa shape index (κ1) is 10.8. The van der Waals surface area contributed by atoms with Crippen LogP contribution in [0.3, 0.4) is 0 Å². The molecule has 1 aromatic heterocycles. The van der Waals surface area contributed by atoms with Crippen molar-refractivity contribution in [3.63, 3.8) is 0 Å². The van der Waals surface area contributed by atoms with E-state index in [1.807, 2.05) is 0 Å². The Kier molecular flexibility index (Phi) is 2.70. The van der Waals surface area contributed by atoms with Crippen molar-refractivity contribution < 1.29 is 12.3 Å². The van der Waals surface area contributed by atoms with Gasteiger partial charge in [0.2, 0.25) is 0 Å². The standard InChI is InChI=1S/C7H10FN3O2S/c1-5-4-6(11(2)3)10-7(9-5)14(8,12)13/h4H,1-3H3. The normalized spacial score (nSPS) is 11.4. The molecule has 7 heteroatoms. The molecule has 0 aliphatic carbocycles. The van der Waals surface area contributed by atoms with Gasteiger partial charge in [0.1, 0.15) is 5.82 Å². The monoisotopic (exact) mass is 219 g/mol. The third-order valence-corrected chi connectivity index (χ3v) is 2.12. The van der Waals surface area contributed by atoms with Crippen molar-refractivity contribution in [2.45, 2.75) is 12.1 Å². The van der Waals surface area contributed by atoms with Gasteiger partial charge in [-0.2, -0.15) is 13.4 Å². The highest BCUT2D eigenvalue weighted by molar-refractivity contribution is 7.86. The van der Waals surface area contributed by atoms with Gasteiger partial charge in [-0.3, -0.25) is 0 Å². The Morgan fingerprint density at radius 2 is 1.93 bits per heavy atom. The highest BCUT2D eigenvalue weighted by Gasteiger charge is 2.17. The van der Waals surface area contributed by atoms with Crippen molar-refractivity contribution in [3.05, 3.63) is 11.8 Å². The molecule has 5 nitrogen and oxygen atoms in total. The molecule has 0 N–H and O–H groups in total. The lowest BCUT2D eigenvalue weighted by Crippen LogP contribution is -2.13. The molecule has 14 heavy (non-hydrogen) atoms. The van der Waals surface area contributed by atoms with E-state index >= 15 is 0 Å². The summed E-state index contributed by atoms with van der Waals surface area (Å²) in [7, 11) is -1.48. The van der Waals surface area contributed by atoms with Gasteiger partial charge in [0, 0.05) is 25.9 Å². The predicted molar refractivity (Wildman–Crippen MR) is 49.4 cm³/mol. The van der Waals surface area contributed by atoms with Gasteiger partial charge in [0.15, 0.2) is 0 Å². The largest absolute Gasteiger partial charge is 0.368 e. The van der Waals surface area contributed by atoms with Crippen LogP contribution in [-0.2, 0) is 10.2 Å². The summed E-state index contributed by atoms with van der Waals surface area (Å²) >= 11 is 0. The topological polar surface area (TPSA) is 63.2 Å². The summed E-state index contributed by atoms with van der Waals surface area (Å²) in [5.41, 5.74) is 0.403. The quantitative estimate of drug-likeness (QED) is 0.535. The van der Waals surface area contributed by atoms with E-state index in [9.17, 15) is 12.3 Å². The molecule has 0 radical (unpaired) electrons. The number of aromatic nitrogens is 2. The van der Waals surface area contributed by atoms with Crippen LogP contribution in [-0.4, -0.2) is 32.5 Å². The van der Waals surface area contributed by atoms with Crippen molar-refractivity contribution in [2.24, 2.45) is 0 Å². The average Bonchev–Trinajstić information content (AvgIpc) is 2.01. The molecule has 0 aromatic carbocycles. The average molecular weight is 219 g/mol. The van der Waals surface area contributed by atoms with Gasteiger partial charge in [0.25, 0.3) is 5.16 Å². The van der Waals surface area contributed by atoms with E-state index in [-0.39, 0.29) is 0 Å². The Morgan fingerprint density at radius 1 is 1.36 bits per heavy atom. The molecule has 0 atom stereocenters. The SMILES string of the molecule is Cc1cc(N(C)C)nc(S(=O)(=O)F)n1. The number of aryl methyl sites for hydroxylation is 1. The summed E-state index contributed by atoms with van der Waals surface area (Å²) in [6.07, 6.45) is 0. The summed E-state index contributed by atoms with van der Waals surface area (Å²) in [5.74, 6) is 0.355. The fraction of sp³-hybridized carbons (Fsp3) is 0.429. The smallest absolute Gasteiger partial charge is 0.363 e. The van der Waals surface area contributed by atoms with Crippen LogP contribution < -0.4 is 4.90 Å². The molecule has 1 heterocycles. The Balaban J connectivity index is 3.35. The Morgan fingerprint density at radius 3 is 2.36 bits per heavy atom. The summed E-state index contributed by atoms with van der Waals surface area (Å²) in [6.45, 7) is 1.57. The molecule has 0 spiro atoms. The van der Waals surface area contributed by atoms with Gasteiger partial charge < -0.3 is 4.90 Å². The zero-order valence-corrected chi connectivity index (χ0v) is 8.84. The number of rotatable bonds is 2. The van der Waals surface area contributed by atoms with Crippen molar-refractivity contribution in [2.75, 3.05) is 19.0 Å². The maximum absolute atomic E-state index is 12.6. The van der Waals surface area contributed by atoms with E-state index in [1.165, 1.54) is 0 Å². The molecule has 1 aromatic rings. The zero-order chi connectivity index (χ0) is 10.9. The first-order valence-electron chi connectivity index (χ1n) is 3.78. The number of anilines is 1. The van der Waals surface area contributed by atoms with Gasteiger partial charge >= 0.3 is 10.2 Å². The first-order chi connectivity index (χ1) is 6.30. The van der Waals surface area contributed by atoms with Crippen LogP contribution in [0.4, 0.5) is 9.70 Å². The third kappa shape index (κ3) is 2.38. The molecule has 0 aliphatic rings. The fourth-order valence-electron chi connectivity index (χ4n) is 0.863. The minimum Gasteiger partial charge on any atom is -0.363 e. The maximum atomic E-state index is 12.6. The first-order valence-corrected chi connectivity index (χ1v) is 5.17. The minimum absolute atomic E-state index is 0.355. The lowest BCUT2D eigenvalue weighted by molar-refractivity contribution is 0.541. The molecule has 0 fully saturated rings. The second kappa shape index (κ2) is 3.49. The Bertz CT molecular complexity index is 444. The maximum Gasteiger partial charge on any atom is 0.368 e. The second-order valence-electron chi connectivity index (χ2n) is 2.98. The van der Waals surface area contributed by atoms with Crippen LogP contribution in [0.15, 0.2) is 11.2 Å². The third-order valence-electron chi connectivity index (χ3n) is 1.50. The van der Waals surface area contributed by atoms with Gasteiger partial charge in [0.05, 0.1) is 0 Å². The molecule has 0 unspecified atom stereocenters. The van der Waals surface area contributed by atoms with Crippen molar-refractivity contribution in [3.8, 4) is 0 Å². The molecule has 0 bridgehead atoms. The van der Waals surface area contributed by atoms with Crippen LogP contribution in [0.1, 0.15) is 5.69 Å². The number of nitrogens with zero attached hydrogens (tertiary/aromatic N) is 3. The minimum atomic E-state index is -4.83. The molecule has 78 valence electrons. The van der Waals surface area contributed by atoms with Gasteiger partial charge in [-0.15, -0.1) is 0 Å².